The topological polar surface area (TPSA) is 50.1 Å². The SMILES string of the molecule is C[n+]1c(Cc2ccc(N)cc2)c2cc(O)ccc2c2ccccc21. The van der Waals surface area contributed by atoms with Crippen molar-refractivity contribution in [3.8, 4) is 5.75 Å². The van der Waals surface area contributed by atoms with Gasteiger partial charge in [0.05, 0.1) is 17.2 Å². The highest BCUT2D eigenvalue weighted by atomic mass is 16.3. The number of nitrogens with zero attached hydrogens (tertiary/aromatic N) is 1. The molecule has 0 spiro atoms. The van der Waals surface area contributed by atoms with E-state index in [2.05, 4.69) is 41.9 Å². The lowest BCUT2D eigenvalue weighted by atomic mass is 9.99. The van der Waals surface area contributed by atoms with Gasteiger partial charge in [0, 0.05) is 17.1 Å². The van der Waals surface area contributed by atoms with Crippen LogP contribution in [0.15, 0.2) is 66.7 Å². The summed E-state index contributed by atoms with van der Waals surface area (Å²) in [4.78, 5) is 0. The molecular weight excluding hydrogens is 296 g/mol. The fraction of sp³-hybridized carbons (Fsp3) is 0.0952. The molecule has 4 rings (SSSR count). The number of aryl methyl sites for hydroxylation is 1. The number of phenolic OH excluding ortho intramolecular Hbond substituents is 1. The highest BCUT2D eigenvalue weighted by molar-refractivity contribution is 6.05. The molecule has 0 amide bonds. The molecule has 0 fully saturated rings. The van der Waals surface area contributed by atoms with Crippen molar-refractivity contribution in [2.45, 2.75) is 6.42 Å². The van der Waals surface area contributed by atoms with Gasteiger partial charge in [0.25, 0.3) is 0 Å². The summed E-state index contributed by atoms with van der Waals surface area (Å²) in [6, 6.07) is 21.9. The molecule has 0 unspecified atom stereocenters. The van der Waals surface area contributed by atoms with Crippen molar-refractivity contribution in [1.29, 1.82) is 0 Å². The highest BCUT2D eigenvalue weighted by Gasteiger charge is 2.19. The van der Waals surface area contributed by atoms with Gasteiger partial charge in [-0.25, -0.2) is 0 Å². The van der Waals surface area contributed by atoms with Crippen LogP contribution in [-0.4, -0.2) is 5.11 Å². The summed E-state index contributed by atoms with van der Waals surface area (Å²) in [7, 11) is 2.08. The average molecular weight is 315 g/mol. The van der Waals surface area contributed by atoms with E-state index in [0.29, 0.717) is 0 Å². The van der Waals surface area contributed by atoms with Crippen LogP contribution >= 0.6 is 0 Å². The number of hydrogen-bond acceptors (Lipinski definition) is 2. The van der Waals surface area contributed by atoms with Crippen molar-refractivity contribution in [3.63, 3.8) is 0 Å². The number of nitrogens with two attached hydrogens (primary N) is 1. The molecule has 118 valence electrons. The first-order chi connectivity index (χ1) is 11.6. The highest BCUT2D eigenvalue weighted by Crippen LogP contribution is 2.29. The number of pyridine rings is 1. The minimum atomic E-state index is 0.288. The number of hydrogen-bond donors (Lipinski definition) is 2. The second-order valence-electron chi connectivity index (χ2n) is 6.17. The van der Waals surface area contributed by atoms with Crippen molar-refractivity contribution in [2.75, 3.05) is 5.73 Å². The zero-order chi connectivity index (χ0) is 16.7. The molecule has 0 saturated heterocycles. The second kappa shape index (κ2) is 5.53. The second-order valence-corrected chi connectivity index (χ2v) is 6.17. The van der Waals surface area contributed by atoms with Crippen molar-refractivity contribution in [3.05, 3.63) is 78.0 Å². The fourth-order valence-corrected chi connectivity index (χ4v) is 3.37. The Kier molecular flexibility index (Phi) is 3.35. The van der Waals surface area contributed by atoms with Gasteiger partial charge in [-0.1, -0.05) is 24.3 Å². The minimum Gasteiger partial charge on any atom is -0.508 e. The number of phenols is 1. The molecule has 3 N–H and O–H groups in total. The summed E-state index contributed by atoms with van der Waals surface area (Å²) >= 11 is 0. The van der Waals surface area contributed by atoms with Gasteiger partial charge < -0.3 is 10.8 Å². The molecule has 24 heavy (non-hydrogen) atoms. The lowest BCUT2D eigenvalue weighted by molar-refractivity contribution is -0.651. The molecule has 0 aliphatic carbocycles. The number of anilines is 1. The molecule has 0 aliphatic heterocycles. The first kappa shape index (κ1) is 14.5. The number of benzene rings is 3. The zero-order valence-electron chi connectivity index (χ0n) is 13.5. The van der Waals surface area contributed by atoms with Crippen molar-refractivity contribution >= 4 is 27.4 Å². The van der Waals surface area contributed by atoms with E-state index in [4.69, 9.17) is 5.73 Å². The molecule has 4 aromatic rings. The number of para-hydroxylation sites is 1. The molecule has 3 aromatic carbocycles. The van der Waals surface area contributed by atoms with Gasteiger partial charge in [-0.15, -0.1) is 0 Å². The summed E-state index contributed by atoms with van der Waals surface area (Å²) in [5, 5.41) is 13.4. The van der Waals surface area contributed by atoms with E-state index >= 15 is 0 Å². The number of fused-ring (bicyclic) bond motifs is 3. The summed E-state index contributed by atoms with van der Waals surface area (Å²) in [6.45, 7) is 0. The Labute approximate surface area is 140 Å². The molecular formula is C21H19N2O+. The molecule has 3 nitrogen and oxygen atoms in total. The Morgan fingerprint density at radius 1 is 0.875 bits per heavy atom. The molecule has 0 radical (unpaired) electrons. The normalized spacial score (nSPS) is 11.2. The average Bonchev–Trinajstić information content (AvgIpc) is 2.60. The van der Waals surface area contributed by atoms with E-state index in [1.165, 1.54) is 22.2 Å². The number of aromatic hydroxyl groups is 1. The lowest BCUT2D eigenvalue weighted by Crippen LogP contribution is -2.35. The quantitative estimate of drug-likeness (QED) is 0.337. The van der Waals surface area contributed by atoms with Crippen LogP contribution in [0.4, 0.5) is 5.69 Å². The van der Waals surface area contributed by atoms with E-state index in [1.54, 1.807) is 6.07 Å². The maximum absolute atomic E-state index is 9.99. The van der Waals surface area contributed by atoms with E-state index < -0.39 is 0 Å². The number of nitrogen functional groups attached to an aromatic ring is 1. The molecule has 1 aromatic heterocycles. The number of rotatable bonds is 2. The van der Waals surface area contributed by atoms with Crippen LogP contribution in [0.5, 0.6) is 5.75 Å². The van der Waals surface area contributed by atoms with Gasteiger partial charge in [0.2, 0.25) is 5.52 Å². The van der Waals surface area contributed by atoms with Crippen LogP contribution in [0.25, 0.3) is 21.7 Å². The van der Waals surface area contributed by atoms with Crippen LogP contribution < -0.4 is 10.3 Å². The van der Waals surface area contributed by atoms with Gasteiger partial charge in [0.15, 0.2) is 5.69 Å². The van der Waals surface area contributed by atoms with Crippen LogP contribution in [0.3, 0.4) is 0 Å². The van der Waals surface area contributed by atoms with Crippen molar-refractivity contribution in [1.82, 2.24) is 0 Å². The van der Waals surface area contributed by atoms with Crippen LogP contribution in [0.2, 0.25) is 0 Å². The third kappa shape index (κ3) is 2.35. The Balaban J connectivity index is 2.02. The van der Waals surface area contributed by atoms with Gasteiger partial charge in [-0.3, -0.25) is 0 Å². The van der Waals surface area contributed by atoms with Gasteiger partial charge >= 0.3 is 0 Å². The third-order valence-corrected chi connectivity index (χ3v) is 4.63. The van der Waals surface area contributed by atoms with Gasteiger partial charge in [-0.05, 0) is 42.0 Å². The monoisotopic (exact) mass is 315 g/mol. The summed E-state index contributed by atoms with van der Waals surface area (Å²) in [5.41, 5.74) is 10.1. The summed E-state index contributed by atoms with van der Waals surface area (Å²) in [6.07, 6.45) is 0.779. The number of aromatic nitrogens is 1. The first-order valence-electron chi connectivity index (χ1n) is 8.00. The first-order valence-corrected chi connectivity index (χ1v) is 8.00. The van der Waals surface area contributed by atoms with Crippen molar-refractivity contribution < 1.29 is 9.67 Å². The summed E-state index contributed by atoms with van der Waals surface area (Å²) < 4.78 is 2.22. The largest absolute Gasteiger partial charge is 0.508 e. The molecule has 0 aliphatic rings. The Hall–Kier alpha value is -3.07. The Morgan fingerprint density at radius 2 is 1.62 bits per heavy atom. The zero-order valence-corrected chi connectivity index (χ0v) is 13.5. The van der Waals surface area contributed by atoms with Crippen LogP contribution in [0.1, 0.15) is 11.3 Å². The van der Waals surface area contributed by atoms with Crippen LogP contribution in [0, 0.1) is 0 Å². The molecule has 0 atom stereocenters. The van der Waals surface area contributed by atoms with Crippen LogP contribution in [-0.2, 0) is 13.5 Å². The van der Waals surface area contributed by atoms with E-state index in [-0.39, 0.29) is 5.75 Å². The van der Waals surface area contributed by atoms with E-state index in [9.17, 15) is 5.11 Å². The van der Waals surface area contributed by atoms with E-state index in [0.717, 1.165) is 22.9 Å². The standard InChI is InChI=1S/C21H18N2O/c1-23-20-5-3-2-4-18(20)17-11-10-16(24)13-19(17)21(23)12-14-6-8-15(22)9-7-14/h2-11,13H,12,22H2,1H3/p+1. The minimum absolute atomic E-state index is 0.288. The fourth-order valence-electron chi connectivity index (χ4n) is 3.37. The summed E-state index contributed by atoms with van der Waals surface area (Å²) in [5.74, 6) is 0.288. The molecule has 0 saturated carbocycles. The molecule has 0 bridgehead atoms. The van der Waals surface area contributed by atoms with E-state index in [1.807, 2.05) is 30.3 Å². The predicted molar refractivity (Wildman–Crippen MR) is 98.0 cm³/mol. The molecule has 3 heteroatoms. The molecule has 1 heterocycles. The lowest BCUT2D eigenvalue weighted by Gasteiger charge is -2.10. The Bertz CT molecular complexity index is 1050. The van der Waals surface area contributed by atoms with Gasteiger partial charge in [-0.2, -0.15) is 4.57 Å². The predicted octanol–water partition coefficient (Wildman–Crippen LogP) is 3.70. The smallest absolute Gasteiger partial charge is 0.213 e. The Morgan fingerprint density at radius 3 is 2.42 bits per heavy atom. The van der Waals surface area contributed by atoms with Gasteiger partial charge in [0.1, 0.15) is 12.8 Å². The van der Waals surface area contributed by atoms with Crippen molar-refractivity contribution in [2.24, 2.45) is 7.05 Å². The maximum Gasteiger partial charge on any atom is 0.213 e. The maximum atomic E-state index is 9.99. The third-order valence-electron chi connectivity index (χ3n) is 4.63.